The molecule has 1 rings (SSSR count). The Morgan fingerprint density at radius 2 is 2.36 bits per heavy atom. The minimum atomic E-state index is -0.112. The summed E-state index contributed by atoms with van der Waals surface area (Å²) in [6.07, 6.45) is 6.13. The fourth-order valence-electron chi connectivity index (χ4n) is 1.93. The van der Waals surface area contributed by atoms with Gasteiger partial charge < -0.3 is 4.74 Å². The van der Waals surface area contributed by atoms with Crippen LogP contribution in [-0.2, 0) is 9.53 Å². The van der Waals surface area contributed by atoms with Gasteiger partial charge in [0.2, 0.25) is 0 Å². The number of carbonyl (C=O) groups excluding carboxylic acids is 1. The number of methoxy groups -OCH3 is 1. The van der Waals surface area contributed by atoms with Crippen LogP contribution < -0.4 is 0 Å². The molecule has 0 fully saturated rings. The van der Waals surface area contributed by atoms with Crippen molar-refractivity contribution < 1.29 is 9.53 Å². The smallest absolute Gasteiger partial charge is 0.309 e. The summed E-state index contributed by atoms with van der Waals surface area (Å²) in [5.74, 6) is 1.45. The highest BCUT2D eigenvalue weighted by Crippen LogP contribution is 2.30. The summed E-state index contributed by atoms with van der Waals surface area (Å²) in [5, 5.41) is 0. The molecule has 0 aromatic heterocycles. The van der Waals surface area contributed by atoms with Crippen molar-refractivity contribution in [3.8, 4) is 0 Å². The molecule has 0 bridgehead atoms. The van der Waals surface area contributed by atoms with E-state index >= 15 is 0 Å². The Labute approximate surface area is 86.3 Å². The molecule has 0 radical (unpaired) electrons. The van der Waals surface area contributed by atoms with Crippen LogP contribution in [0, 0.1) is 11.8 Å². The molecule has 0 saturated heterocycles. The molecule has 2 nitrogen and oxygen atoms in total. The van der Waals surface area contributed by atoms with Gasteiger partial charge in [-0.2, -0.15) is 0 Å². The van der Waals surface area contributed by atoms with Crippen molar-refractivity contribution in [3.05, 3.63) is 11.6 Å². The molecule has 0 unspecified atom stereocenters. The standard InChI is InChI=1S/C12H20O2/c1-9(2)11-6-4-10(5-7-11)8-12(13)14-3/h4,9,11H,5-8H2,1-3H3/t11-/m1/s1. The first-order chi connectivity index (χ1) is 6.63. The first kappa shape index (κ1) is 11.3. The van der Waals surface area contributed by atoms with Gasteiger partial charge in [-0.25, -0.2) is 0 Å². The zero-order valence-electron chi connectivity index (χ0n) is 9.38. The van der Waals surface area contributed by atoms with Gasteiger partial charge in [0.1, 0.15) is 0 Å². The molecule has 0 saturated carbocycles. The largest absolute Gasteiger partial charge is 0.469 e. The van der Waals surface area contributed by atoms with Crippen molar-refractivity contribution in [1.29, 1.82) is 0 Å². The van der Waals surface area contributed by atoms with Gasteiger partial charge in [0.05, 0.1) is 13.5 Å². The van der Waals surface area contributed by atoms with Gasteiger partial charge in [-0.3, -0.25) is 4.79 Å². The van der Waals surface area contributed by atoms with Crippen molar-refractivity contribution in [2.45, 2.75) is 39.5 Å². The van der Waals surface area contributed by atoms with Crippen molar-refractivity contribution in [3.63, 3.8) is 0 Å². The molecule has 0 heterocycles. The number of rotatable bonds is 3. The van der Waals surface area contributed by atoms with E-state index in [1.165, 1.54) is 19.1 Å². The Hall–Kier alpha value is -0.790. The van der Waals surface area contributed by atoms with Crippen LogP contribution in [0.4, 0.5) is 0 Å². The molecule has 0 amide bonds. The molecule has 0 aromatic carbocycles. The van der Waals surface area contributed by atoms with Gasteiger partial charge in [-0.1, -0.05) is 25.5 Å². The average molecular weight is 196 g/mol. The second kappa shape index (κ2) is 5.18. The summed E-state index contributed by atoms with van der Waals surface area (Å²) in [6, 6.07) is 0. The van der Waals surface area contributed by atoms with Crippen LogP contribution in [0.3, 0.4) is 0 Å². The molecule has 0 N–H and O–H groups in total. The molecule has 1 aliphatic rings. The van der Waals surface area contributed by atoms with E-state index in [2.05, 4.69) is 24.7 Å². The molecule has 0 aromatic rings. The van der Waals surface area contributed by atoms with Crippen molar-refractivity contribution in [1.82, 2.24) is 0 Å². The van der Waals surface area contributed by atoms with Crippen LogP contribution in [-0.4, -0.2) is 13.1 Å². The van der Waals surface area contributed by atoms with Crippen molar-refractivity contribution >= 4 is 5.97 Å². The lowest BCUT2D eigenvalue weighted by molar-refractivity contribution is -0.139. The first-order valence-electron chi connectivity index (χ1n) is 5.38. The predicted octanol–water partition coefficient (Wildman–Crippen LogP) is 2.93. The normalized spacial score (nSPS) is 22.0. The minimum absolute atomic E-state index is 0.112. The first-order valence-corrected chi connectivity index (χ1v) is 5.38. The average Bonchev–Trinajstić information content (AvgIpc) is 2.18. The lowest BCUT2D eigenvalue weighted by atomic mass is 9.82. The number of carbonyl (C=O) groups is 1. The lowest BCUT2D eigenvalue weighted by Crippen LogP contribution is -2.13. The van der Waals surface area contributed by atoms with Gasteiger partial charge >= 0.3 is 5.97 Å². The predicted molar refractivity (Wildman–Crippen MR) is 56.9 cm³/mol. The molecule has 1 atom stereocenters. The Kier molecular flexibility index (Phi) is 4.18. The van der Waals surface area contributed by atoms with Crippen molar-refractivity contribution in [2.75, 3.05) is 7.11 Å². The van der Waals surface area contributed by atoms with E-state index in [0.717, 1.165) is 24.7 Å². The van der Waals surface area contributed by atoms with E-state index in [0.29, 0.717) is 6.42 Å². The van der Waals surface area contributed by atoms with E-state index in [-0.39, 0.29) is 5.97 Å². The molecule has 14 heavy (non-hydrogen) atoms. The second-order valence-corrected chi connectivity index (χ2v) is 4.39. The SMILES string of the molecule is COC(=O)CC1=CC[C@@H](C(C)C)CC1. The van der Waals surface area contributed by atoms with Gasteiger partial charge in [-0.05, 0) is 31.1 Å². The minimum Gasteiger partial charge on any atom is -0.469 e. The monoisotopic (exact) mass is 196 g/mol. The van der Waals surface area contributed by atoms with Crippen LogP contribution in [0.5, 0.6) is 0 Å². The van der Waals surface area contributed by atoms with E-state index in [4.69, 9.17) is 0 Å². The maximum Gasteiger partial charge on any atom is 0.309 e. The van der Waals surface area contributed by atoms with E-state index in [1.54, 1.807) is 0 Å². The third kappa shape index (κ3) is 3.17. The maximum absolute atomic E-state index is 11.0. The maximum atomic E-state index is 11.0. The Balaban J connectivity index is 2.41. The molecular formula is C12H20O2. The van der Waals surface area contributed by atoms with Crippen LogP contribution >= 0.6 is 0 Å². The third-order valence-electron chi connectivity index (χ3n) is 3.09. The molecule has 1 aliphatic carbocycles. The molecule has 80 valence electrons. The Morgan fingerprint density at radius 3 is 2.79 bits per heavy atom. The summed E-state index contributed by atoms with van der Waals surface area (Å²) < 4.78 is 4.65. The van der Waals surface area contributed by atoms with Gasteiger partial charge in [0.15, 0.2) is 0 Å². The highest BCUT2D eigenvalue weighted by atomic mass is 16.5. The molecule has 0 spiro atoms. The number of allylic oxidation sites excluding steroid dienone is 1. The summed E-state index contributed by atoms with van der Waals surface area (Å²) in [7, 11) is 1.45. The molecular weight excluding hydrogens is 176 g/mol. The number of hydrogen-bond acceptors (Lipinski definition) is 2. The third-order valence-corrected chi connectivity index (χ3v) is 3.09. The fraction of sp³-hybridized carbons (Fsp3) is 0.750. The quantitative estimate of drug-likeness (QED) is 0.512. The number of hydrogen-bond donors (Lipinski definition) is 0. The second-order valence-electron chi connectivity index (χ2n) is 4.39. The summed E-state index contributed by atoms with van der Waals surface area (Å²) in [5.41, 5.74) is 1.26. The summed E-state index contributed by atoms with van der Waals surface area (Å²) in [6.45, 7) is 4.54. The van der Waals surface area contributed by atoms with E-state index in [1.807, 2.05) is 0 Å². The van der Waals surface area contributed by atoms with Crippen LogP contribution in [0.25, 0.3) is 0 Å². The van der Waals surface area contributed by atoms with E-state index in [9.17, 15) is 4.79 Å². The van der Waals surface area contributed by atoms with Crippen LogP contribution in [0.2, 0.25) is 0 Å². The molecule has 2 heteroatoms. The molecule has 0 aliphatic heterocycles. The van der Waals surface area contributed by atoms with Crippen LogP contribution in [0.15, 0.2) is 11.6 Å². The zero-order valence-corrected chi connectivity index (χ0v) is 9.38. The van der Waals surface area contributed by atoms with Gasteiger partial charge in [0.25, 0.3) is 0 Å². The van der Waals surface area contributed by atoms with E-state index < -0.39 is 0 Å². The Bertz CT molecular complexity index is 228. The zero-order chi connectivity index (χ0) is 10.6. The van der Waals surface area contributed by atoms with Crippen molar-refractivity contribution in [2.24, 2.45) is 11.8 Å². The number of esters is 1. The van der Waals surface area contributed by atoms with Gasteiger partial charge in [-0.15, -0.1) is 0 Å². The van der Waals surface area contributed by atoms with Crippen LogP contribution in [0.1, 0.15) is 39.5 Å². The summed E-state index contributed by atoms with van der Waals surface area (Å²) >= 11 is 0. The van der Waals surface area contributed by atoms with Gasteiger partial charge in [0, 0.05) is 0 Å². The topological polar surface area (TPSA) is 26.3 Å². The highest BCUT2D eigenvalue weighted by Gasteiger charge is 2.18. The Morgan fingerprint density at radius 1 is 1.64 bits per heavy atom. The number of ether oxygens (including phenoxy) is 1. The fourth-order valence-corrected chi connectivity index (χ4v) is 1.93. The summed E-state index contributed by atoms with van der Waals surface area (Å²) in [4.78, 5) is 11.0. The highest BCUT2D eigenvalue weighted by molar-refractivity contribution is 5.72. The lowest BCUT2D eigenvalue weighted by Gasteiger charge is -2.24.